The van der Waals surface area contributed by atoms with Crippen LogP contribution in [-0.2, 0) is 4.79 Å². The van der Waals surface area contributed by atoms with E-state index < -0.39 is 6.03 Å². The Morgan fingerprint density at radius 2 is 2.25 bits per heavy atom. The van der Waals surface area contributed by atoms with Crippen LogP contribution in [0.25, 0.3) is 0 Å². The lowest BCUT2D eigenvalue weighted by atomic mass is 10.2. The standard InChI is InChI=1S/C6H10N4O2/c1-10-2-7-4-3(10)5(11)9-6(12)8-4/h3-4,7H,2H2,1H3,(H2,8,9,11,12). The SMILES string of the molecule is CN1CNC2NC(=O)NC(=O)C21. The van der Waals surface area contributed by atoms with Crippen LogP contribution in [0.2, 0.25) is 0 Å². The fraction of sp³-hybridized carbons (Fsp3) is 0.667. The second-order valence-corrected chi connectivity index (χ2v) is 3.00. The number of carbonyl (C=O) groups is 2. The monoisotopic (exact) mass is 170 g/mol. The molecule has 0 radical (unpaired) electrons. The molecule has 2 aliphatic heterocycles. The summed E-state index contributed by atoms with van der Waals surface area (Å²) in [5.41, 5.74) is 0. The Hall–Kier alpha value is -1.14. The molecular formula is C6H10N4O2. The molecule has 0 aromatic heterocycles. The number of hydrogen-bond acceptors (Lipinski definition) is 4. The molecule has 0 saturated carbocycles. The van der Waals surface area contributed by atoms with Crippen molar-refractivity contribution in [3.63, 3.8) is 0 Å². The van der Waals surface area contributed by atoms with Gasteiger partial charge in [-0.25, -0.2) is 4.79 Å². The smallest absolute Gasteiger partial charge is 0.320 e. The van der Waals surface area contributed by atoms with Gasteiger partial charge in [0.15, 0.2) is 0 Å². The second-order valence-electron chi connectivity index (χ2n) is 3.00. The summed E-state index contributed by atoms with van der Waals surface area (Å²) in [7, 11) is 1.83. The van der Waals surface area contributed by atoms with Crippen LogP contribution >= 0.6 is 0 Å². The Morgan fingerprint density at radius 1 is 1.50 bits per heavy atom. The maximum atomic E-state index is 11.2. The number of urea groups is 1. The van der Waals surface area contributed by atoms with E-state index in [-0.39, 0.29) is 18.1 Å². The first-order chi connectivity index (χ1) is 5.68. The van der Waals surface area contributed by atoms with Crippen molar-refractivity contribution in [1.82, 2.24) is 20.9 Å². The fourth-order valence-electron chi connectivity index (χ4n) is 1.55. The van der Waals surface area contributed by atoms with Crippen molar-refractivity contribution < 1.29 is 9.59 Å². The van der Waals surface area contributed by atoms with E-state index in [4.69, 9.17) is 0 Å². The third kappa shape index (κ3) is 0.961. The van der Waals surface area contributed by atoms with Gasteiger partial charge in [0.25, 0.3) is 0 Å². The highest BCUT2D eigenvalue weighted by atomic mass is 16.2. The lowest BCUT2D eigenvalue weighted by molar-refractivity contribution is -0.125. The number of fused-ring (bicyclic) bond motifs is 1. The molecule has 12 heavy (non-hydrogen) atoms. The number of nitrogens with zero attached hydrogens (tertiary/aromatic N) is 1. The average molecular weight is 170 g/mol. The van der Waals surface area contributed by atoms with Gasteiger partial charge >= 0.3 is 6.03 Å². The molecule has 2 rings (SSSR count). The largest absolute Gasteiger partial charge is 0.322 e. The molecule has 6 nitrogen and oxygen atoms in total. The van der Waals surface area contributed by atoms with Crippen LogP contribution in [0.3, 0.4) is 0 Å². The minimum atomic E-state index is -0.427. The molecule has 0 aromatic rings. The van der Waals surface area contributed by atoms with Crippen LogP contribution in [0, 0.1) is 0 Å². The first-order valence-electron chi connectivity index (χ1n) is 3.73. The fourth-order valence-corrected chi connectivity index (χ4v) is 1.55. The predicted molar refractivity (Wildman–Crippen MR) is 40.0 cm³/mol. The third-order valence-electron chi connectivity index (χ3n) is 2.14. The molecule has 6 heteroatoms. The molecule has 2 unspecified atom stereocenters. The van der Waals surface area contributed by atoms with Crippen molar-refractivity contribution in [2.24, 2.45) is 0 Å². The molecular weight excluding hydrogens is 160 g/mol. The Morgan fingerprint density at radius 3 is 3.00 bits per heavy atom. The zero-order valence-corrected chi connectivity index (χ0v) is 6.63. The van der Waals surface area contributed by atoms with Crippen molar-refractivity contribution in [3.8, 4) is 0 Å². The summed E-state index contributed by atoms with van der Waals surface area (Å²) >= 11 is 0. The number of imide groups is 1. The Labute approximate surface area is 69.3 Å². The summed E-state index contributed by atoms with van der Waals surface area (Å²) in [6.07, 6.45) is -0.240. The number of rotatable bonds is 0. The summed E-state index contributed by atoms with van der Waals surface area (Å²) in [4.78, 5) is 23.9. The van der Waals surface area contributed by atoms with Gasteiger partial charge in [0, 0.05) is 0 Å². The molecule has 2 aliphatic rings. The van der Waals surface area contributed by atoms with Crippen molar-refractivity contribution in [3.05, 3.63) is 0 Å². The Balaban J connectivity index is 2.19. The summed E-state index contributed by atoms with van der Waals surface area (Å²) in [6.45, 7) is 0.614. The first-order valence-corrected chi connectivity index (χ1v) is 3.73. The number of hydrogen-bond donors (Lipinski definition) is 3. The van der Waals surface area contributed by atoms with Gasteiger partial charge in [-0.3, -0.25) is 20.3 Å². The van der Waals surface area contributed by atoms with E-state index >= 15 is 0 Å². The topological polar surface area (TPSA) is 73.5 Å². The highest BCUT2D eigenvalue weighted by Gasteiger charge is 2.41. The first kappa shape index (κ1) is 7.51. The van der Waals surface area contributed by atoms with Crippen molar-refractivity contribution in [1.29, 1.82) is 0 Å². The summed E-state index contributed by atoms with van der Waals surface area (Å²) in [6, 6.07) is -0.702. The van der Waals surface area contributed by atoms with Gasteiger partial charge in [0.2, 0.25) is 5.91 Å². The normalized spacial score (nSPS) is 35.8. The van der Waals surface area contributed by atoms with Gasteiger partial charge < -0.3 is 5.32 Å². The molecule has 2 saturated heterocycles. The Kier molecular flexibility index (Phi) is 1.52. The summed E-state index contributed by atoms with van der Waals surface area (Å²) in [5, 5.41) is 7.83. The average Bonchev–Trinajstić information content (AvgIpc) is 2.31. The van der Waals surface area contributed by atoms with Gasteiger partial charge in [-0.15, -0.1) is 0 Å². The summed E-state index contributed by atoms with van der Waals surface area (Å²) in [5.74, 6) is -0.240. The maximum Gasteiger partial charge on any atom is 0.322 e. The van der Waals surface area contributed by atoms with Gasteiger partial charge in [-0.2, -0.15) is 0 Å². The van der Waals surface area contributed by atoms with Gasteiger partial charge in [-0.05, 0) is 7.05 Å². The molecule has 0 aromatic carbocycles. The van der Waals surface area contributed by atoms with Crippen LogP contribution in [0.15, 0.2) is 0 Å². The van der Waals surface area contributed by atoms with Crippen LogP contribution in [0.5, 0.6) is 0 Å². The quantitative estimate of drug-likeness (QED) is 0.393. The Bertz CT molecular complexity index is 242. The highest BCUT2D eigenvalue weighted by molar-refractivity contribution is 6.00. The number of carbonyl (C=O) groups excluding carboxylic acids is 2. The van der Waals surface area contributed by atoms with Gasteiger partial charge in [0.05, 0.1) is 6.67 Å². The van der Waals surface area contributed by atoms with E-state index in [2.05, 4.69) is 16.0 Å². The van der Waals surface area contributed by atoms with Gasteiger partial charge in [-0.1, -0.05) is 0 Å². The van der Waals surface area contributed by atoms with Crippen molar-refractivity contribution in [2.75, 3.05) is 13.7 Å². The van der Waals surface area contributed by atoms with E-state index in [9.17, 15) is 9.59 Å². The maximum absolute atomic E-state index is 11.2. The predicted octanol–water partition coefficient (Wildman–Crippen LogP) is -1.99. The molecule has 3 N–H and O–H groups in total. The molecule has 2 atom stereocenters. The molecule has 0 spiro atoms. The molecule has 2 fully saturated rings. The molecule has 66 valence electrons. The van der Waals surface area contributed by atoms with E-state index in [1.165, 1.54) is 0 Å². The van der Waals surface area contributed by atoms with Crippen LogP contribution < -0.4 is 16.0 Å². The van der Waals surface area contributed by atoms with E-state index in [1.54, 1.807) is 0 Å². The summed E-state index contributed by atoms with van der Waals surface area (Å²) < 4.78 is 0. The number of likely N-dealkylation sites (N-methyl/N-ethyl adjacent to an activating group) is 1. The van der Waals surface area contributed by atoms with Crippen LogP contribution in [-0.4, -0.2) is 42.8 Å². The molecule has 0 bridgehead atoms. The zero-order chi connectivity index (χ0) is 8.72. The van der Waals surface area contributed by atoms with Crippen LogP contribution in [0.4, 0.5) is 4.79 Å². The molecule has 2 heterocycles. The molecule has 3 amide bonds. The van der Waals surface area contributed by atoms with E-state index in [1.807, 2.05) is 11.9 Å². The van der Waals surface area contributed by atoms with Crippen molar-refractivity contribution in [2.45, 2.75) is 12.2 Å². The minimum Gasteiger partial charge on any atom is -0.320 e. The lowest BCUT2D eigenvalue weighted by Crippen LogP contribution is -2.64. The number of amides is 3. The zero-order valence-electron chi connectivity index (χ0n) is 6.63. The highest BCUT2D eigenvalue weighted by Crippen LogP contribution is 2.09. The second kappa shape index (κ2) is 2.43. The molecule has 0 aliphatic carbocycles. The van der Waals surface area contributed by atoms with E-state index in [0.29, 0.717) is 6.67 Å². The lowest BCUT2D eigenvalue weighted by Gasteiger charge is -2.27. The third-order valence-corrected chi connectivity index (χ3v) is 2.14. The van der Waals surface area contributed by atoms with E-state index in [0.717, 1.165) is 0 Å². The van der Waals surface area contributed by atoms with Crippen molar-refractivity contribution >= 4 is 11.9 Å². The number of nitrogens with one attached hydrogen (secondary N) is 3. The van der Waals surface area contributed by atoms with Crippen LogP contribution in [0.1, 0.15) is 0 Å². The minimum absolute atomic E-state index is 0.240. The van der Waals surface area contributed by atoms with Gasteiger partial charge in [0.1, 0.15) is 12.2 Å².